The first-order valence-electron chi connectivity index (χ1n) is 5.11. The van der Waals surface area contributed by atoms with E-state index in [-0.39, 0.29) is 17.0 Å². The molecule has 0 unspecified atom stereocenters. The zero-order chi connectivity index (χ0) is 13.1. The predicted octanol–water partition coefficient (Wildman–Crippen LogP) is 1.86. The molecule has 18 heavy (non-hydrogen) atoms. The van der Waals surface area contributed by atoms with E-state index in [1.807, 2.05) is 0 Å². The molecule has 0 saturated carbocycles. The summed E-state index contributed by atoms with van der Waals surface area (Å²) in [5.74, 6) is -0.387. The molecule has 0 fully saturated rings. The number of hydrogen-bond donors (Lipinski definition) is 3. The first-order chi connectivity index (χ1) is 8.56. The van der Waals surface area contributed by atoms with E-state index in [0.717, 1.165) is 0 Å². The molecule has 6 heteroatoms. The molecule has 0 aliphatic carbocycles. The van der Waals surface area contributed by atoms with E-state index in [1.54, 1.807) is 18.2 Å². The van der Waals surface area contributed by atoms with Gasteiger partial charge in [0.15, 0.2) is 0 Å². The first kappa shape index (κ1) is 12.2. The summed E-state index contributed by atoms with van der Waals surface area (Å²) in [5.41, 5.74) is 6.44. The van der Waals surface area contributed by atoms with Crippen LogP contribution < -0.4 is 16.6 Å². The van der Waals surface area contributed by atoms with E-state index in [0.29, 0.717) is 16.4 Å². The van der Waals surface area contributed by atoms with Crippen LogP contribution in [0, 0.1) is 0 Å². The number of halogens is 1. The Labute approximate surface area is 108 Å². The van der Waals surface area contributed by atoms with Gasteiger partial charge in [-0.3, -0.25) is 9.59 Å². The molecular formula is C12H10ClN3O2. The third-order valence-electron chi connectivity index (χ3n) is 2.30. The number of aromatic nitrogens is 1. The average Bonchev–Trinajstić information content (AvgIpc) is 2.34. The molecule has 0 radical (unpaired) electrons. The number of amides is 1. The number of nitrogens with one attached hydrogen (secondary N) is 2. The van der Waals surface area contributed by atoms with Crippen LogP contribution in [0.3, 0.4) is 0 Å². The number of benzene rings is 1. The lowest BCUT2D eigenvalue weighted by atomic mass is 10.2. The molecule has 0 atom stereocenters. The standard InChI is InChI=1S/C12H10ClN3O2/c13-9-6-8(1-2-10(9)14)16-12(18)7-3-4-15-11(17)5-7/h1-6H,14H2,(H,15,17)(H,16,18). The van der Waals surface area contributed by atoms with E-state index in [4.69, 9.17) is 17.3 Å². The topological polar surface area (TPSA) is 88.0 Å². The molecule has 4 N–H and O–H groups in total. The Hall–Kier alpha value is -2.27. The van der Waals surface area contributed by atoms with Gasteiger partial charge in [0.2, 0.25) is 5.56 Å². The van der Waals surface area contributed by atoms with Gasteiger partial charge in [0, 0.05) is 23.5 Å². The minimum absolute atomic E-state index is 0.270. The predicted molar refractivity (Wildman–Crippen MR) is 70.9 cm³/mol. The van der Waals surface area contributed by atoms with Gasteiger partial charge in [0.05, 0.1) is 10.7 Å². The number of H-pyrrole nitrogens is 1. The van der Waals surface area contributed by atoms with E-state index in [2.05, 4.69) is 10.3 Å². The minimum atomic E-state index is -0.387. The molecule has 1 aromatic carbocycles. The number of nitrogens with two attached hydrogens (primary N) is 1. The van der Waals surface area contributed by atoms with Gasteiger partial charge in [0.1, 0.15) is 0 Å². The van der Waals surface area contributed by atoms with Crippen LogP contribution in [0.5, 0.6) is 0 Å². The van der Waals surface area contributed by atoms with E-state index in [1.165, 1.54) is 18.3 Å². The maximum atomic E-state index is 11.8. The Morgan fingerprint density at radius 1 is 1.28 bits per heavy atom. The highest BCUT2D eigenvalue weighted by Crippen LogP contribution is 2.22. The highest BCUT2D eigenvalue weighted by Gasteiger charge is 2.07. The maximum absolute atomic E-state index is 11.8. The molecule has 0 spiro atoms. The Bertz CT molecular complexity index is 652. The third-order valence-corrected chi connectivity index (χ3v) is 2.62. The molecule has 0 bridgehead atoms. The zero-order valence-electron chi connectivity index (χ0n) is 9.24. The van der Waals surface area contributed by atoms with Gasteiger partial charge in [-0.05, 0) is 24.3 Å². The summed E-state index contributed by atoms with van der Waals surface area (Å²) in [7, 11) is 0. The number of nitrogen functional groups attached to an aromatic ring is 1. The van der Waals surface area contributed by atoms with Gasteiger partial charge in [-0.25, -0.2) is 0 Å². The second-order valence-electron chi connectivity index (χ2n) is 3.63. The summed E-state index contributed by atoms with van der Waals surface area (Å²) in [5, 5.41) is 2.98. The molecule has 1 aromatic heterocycles. The summed E-state index contributed by atoms with van der Waals surface area (Å²) >= 11 is 5.84. The summed E-state index contributed by atoms with van der Waals surface area (Å²) < 4.78 is 0. The van der Waals surface area contributed by atoms with Crippen molar-refractivity contribution < 1.29 is 4.79 Å². The van der Waals surface area contributed by atoms with Crippen molar-refractivity contribution in [2.24, 2.45) is 0 Å². The number of hydrogen-bond acceptors (Lipinski definition) is 3. The number of rotatable bonds is 2. The van der Waals surface area contributed by atoms with Crippen LogP contribution in [-0.4, -0.2) is 10.9 Å². The highest BCUT2D eigenvalue weighted by molar-refractivity contribution is 6.33. The van der Waals surface area contributed by atoms with Gasteiger partial charge in [0.25, 0.3) is 5.91 Å². The van der Waals surface area contributed by atoms with Crippen molar-refractivity contribution >= 4 is 28.9 Å². The van der Waals surface area contributed by atoms with Crippen molar-refractivity contribution in [1.82, 2.24) is 4.98 Å². The molecule has 92 valence electrons. The lowest BCUT2D eigenvalue weighted by Gasteiger charge is -2.06. The minimum Gasteiger partial charge on any atom is -0.398 e. The first-order valence-corrected chi connectivity index (χ1v) is 5.49. The SMILES string of the molecule is Nc1ccc(NC(=O)c2cc[nH]c(=O)c2)cc1Cl. The van der Waals surface area contributed by atoms with Gasteiger partial charge >= 0.3 is 0 Å². The molecule has 0 aliphatic heterocycles. The Balaban J connectivity index is 2.21. The number of pyridine rings is 1. The van der Waals surface area contributed by atoms with Crippen LogP contribution in [0.15, 0.2) is 41.3 Å². The lowest BCUT2D eigenvalue weighted by molar-refractivity contribution is 0.102. The number of carbonyl (C=O) groups is 1. The van der Waals surface area contributed by atoms with E-state index in [9.17, 15) is 9.59 Å². The molecule has 5 nitrogen and oxygen atoms in total. The zero-order valence-corrected chi connectivity index (χ0v) is 9.99. The average molecular weight is 264 g/mol. The smallest absolute Gasteiger partial charge is 0.255 e. The van der Waals surface area contributed by atoms with Crippen molar-refractivity contribution in [3.8, 4) is 0 Å². The second-order valence-corrected chi connectivity index (χ2v) is 4.04. The van der Waals surface area contributed by atoms with Crippen LogP contribution >= 0.6 is 11.6 Å². The molecule has 2 aromatic rings. The van der Waals surface area contributed by atoms with Crippen molar-refractivity contribution in [2.75, 3.05) is 11.1 Å². The fourth-order valence-electron chi connectivity index (χ4n) is 1.39. The summed E-state index contributed by atoms with van der Waals surface area (Å²) in [6, 6.07) is 7.49. The van der Waals surface area contributed by atoms with Gasteiger partial charge in [-0.15, -0.1) is 0 Å². The van der Waals surface area contributed by atoms with E-state index < -0.39 is 0 Å². The lowest BCUT2D eigenvalue weighted by Crippen LogP contribution is -2.15. The third kappa shape index (κ3) is 2.70. The van der Waals surface area contributed by atoms with Crippen LogP contribution in [0.2, 0.25) is 5.02 Å². The highest BCUT2D eigenvalue weighted by atomic mass is 35.5. The maximum Gasteiger partial charge on any atom is 0.255 e. The Morgan fingerprint density at radius 3 is 2.72 bits per heavy atom. The number of anilines is 2. The second kappa shape index (κ2) is 4.93. The molecule has 1 heterocycles. The fraction of sp³-hybridized carbons (Fsp3) is 0. The number of carbonyl (C=O) groups excluding carboxylic acids is 1. The largest absolute Gasteiger partial charge is 0.398 e. The monoisotopic (exact) mass is 263 g/mol. The number of aromatic amines is 1. The molecule has 2 rings (SSSR count). The Kier molecular flexibility index (Phi) is 3.34. The van der Waals surface area contributed by atoms with Gasteiger partial charge < -0.3 is 16.0 Å². The quantitative estimate of drug-likeness (QED) is 0.723. The van der Waals surface area contributed by atoms with Crippen molar-refractivity contribution in [2.45, 2.75) is 0 Å². The molecule has 0 aliphatic rings. The van der Waals surface area contributed by atoms with Gasteiger partial charge in [-0.2, -0.15) is 0 Å². The van der Waals surface area contributed by atoms with Gasteiger partial charge in [-0.1, -0.05) is 11.6 Å². The van der Waals surface area contributed by atoms with E-state index >= 15 is 0 Å². The normalized spacial score (nSPS) is 10.1. The fourth-order valence-corrected chi connectivity index (χ4v) is 1.57. The van der Waals surface area contributed by atoms with Crippen molar-refractivity contribution in [3.63, 3.8) is 0 Å². The molecule has 1 amide bonds. The summed E-state index contributed by atoms with van der Waals surface area (Å²) in [4.78, 5) is 25.3. The van der Waals surface area contributed by atoms with Crippen LogP contribution in [0.1, 0.15) is 10.4 Å². The van der Waals surface area contributed by atoms with Crippen molar-refractivity contribution in [1.29, 1.82) is 0 Å². The molecular weight excluding hydrogens is 254 g/mol. The van der Waals surface area contributed by atoms with Crippen LogP contribution in [-0.2, 0) is 0 Å². The van der Waals surface area contributed by atoms with Crippen molar-refractivity contribution in [3.05, 3.63) is 57.5 Å². The van der Waals surface area contributed by atoms with Crippen LogP contribution in [0.25, 0.3) is 0 Å². The summed E-state index contributed by atoms with van der Waals surface area (Å²) in [6.45, 7) is 0. The molecule has 0 saturated heterocycles. The Morgan fingerprint density at radius 2 is 2.06 bits per heavy atom. The van der Waals surface area contributed by atoms with Crippen LogP contribution in [0.4, 0.5) is 11.4 Å². The summed E-state index contributed by atoms with van der Waals surface area (Å²) in [6.07, 6.45) is 1.41.